The summed E-state index contributed by atoms with van der Waals surface area (Å²) in [5.41, 5.74) is 1.19. The van der Waals surface area contributed by atoms with Crippen LogP contribution in [0, 0.1) is 0 Å². The third-order valence-electron chi connectivity index (χ3n) is 2.59. The van der Waals surface area contributed by atoms with E-state index in [1.807, 2.05) is 6.07 Å². The van der Waals surface area contributed by atoms with Crippen LogP contribution in [0.1, 0.15) is 25.8 Å². The third-order valence-corrected chi connectivity index (χ3v) is 2.59. The van der Waals surface area contributed by atoms with E-state index in [0.29, 0.717) is 6.54 Å². The Morgan fingerprint density at radius 1 is 1.35 bits per heavy atom. The molecule has 0 unspecified atom stereocenters. The molecule has 4 nitrogen and oxygen atoms in total. The summed E-state index contributed by atoms with van der Waals surface area (Å²) >= 11 is 0. The molecule has 1 aromatic rings. The minimum atomic E-state index is 0.205. The smallest absolute Gasteiger partial charge is 0.130 e. The van der Waals surface area contributed by atoms with Crippen molar-refractivity contribution >= 4 is 5.82 Å². The van der Waals surface area contributed by atoms with Crippen molar-refractivity contribution < 1.29 is 5.11 Å². The Morgan fingerprint density at radius 2 is 2.18 bits per heavy atom. The van der Waals surface area contributed by atoms with Crippen LogP contribution in [0.25, 0.3) is 0 Å². The van der Waals surface area contributed by atoms with Crippen LogP contribution in [0.3, 0.4) is 0 Å². The lowest BCUT2D eigenvalue weighted by atomic mass is 10.2. The van der Waals surface area contributed by atoms with Crippen LogP contribution in [0.4, 0.5) is 5.82 Å². The van der Waals surface area contributed by atoms with Crippen molar-refractivity contribution in [2.75, 3.05) is 31.6 Å². The van der Waals surface area contributed by atoms with Crippen molar-refractivity contribution in [3.63, 3.8) is 0 Å². The highest BCUT2D eigenvalue weighted by Gasteiger charge is 2.08. The van der Waals surface area contributed by atoms with Crippen molar-refractivity contribution in [1.82, 2.24) is 9.88 Å². The molecule has 0 aliphatic heterocycles. The van der Waals surface area contributed by atoms with Crippen LogP contribution in [0.15, 0.2) is 18.3 Å². The van der Waals surface area contributed by atoms with Crippen molar-refractivity contribution in [3.05, 3.63) is 23.9 Å². The van der Waals surface area contributed by atoms with Gasteiger partial charge in [-0.1, -0.05) is 13.0 Å². The van der Waals surface area contributed by atoms with E-state index in [2.05, 4.69) is 35.1 Å². The molecule has 4 heteroatoms. The molecule has 0 aromatic carbocycles. The number of hydrogen-bond acceptors (Lipinski definition) is 4. The quantitative estimate of drug-likeness (QED) is 0.723. The Balaban J connectivity index is 2.69. The largest absolute Gasteiger partial charge is 0.395 e. The highest BCUT2D eigenvalue weighted by Crippen LogP contribution is 2.14. The molecule has 1 aromatic heterocycles. The topological polar surface area (TPSA) is 48.4 Å². The fourth-order valence-corrected chi connectivity index (χ4v) is 1.86. The number of pyridine rings is 1. The van der Waals surface area contributed by atoms with E-state index in [1.165, 1.54) is 5.56 Å². The van der Waals surface area contributed by atoms with E-state index in [0.717, 1.165) is 31.9 Å². The second-order valence-electron chi connectivity index (χ2n) is 4.04. The average Bonchev–Trinajstić information content (AvgIpc) is 2.33. The van der Waals surface area contributed by atoms with Gasteiger partial charge in [0.25, 0.3) is 0 Å². The molecule has 1 rings (SSSR count). The number of nitrogens with zero attached hydrogens (tertiary/aromatic N) is 2. The van der Waals surface area contributed by atoms with Gasteiger partial charge in [0.05, 0.1) is 6.61 Å². The minimum absolute atomic E-state index is 0.205. The Bertz CT molecular complexity index is 311. The van der Waals surface area contributed by atoms with Crippen molar-refractivity contribution in [2.24, 2.45) is 0 Å². The van der Waals surface area contributed by atoms with Gasteiger partial charge in [0.1, 0.15) is 5.82 Å². The molecule has 0 spiro atoms. The first-order valence-corrected chi connectivity index (χ1v) is 6.32. The van der Waals surface area contributed by atoms with Gasteiger partial charge in [-0.3, -0.25) is 4.90 Å². The van der Waals surface area contributed by atoms with Crippen LogP contribution in [-0.4, -0.2) is 41.2 Å². The summed E-state index contributed by atoms with van der Waals surface area (Å²) in [4.78, 5) is 6.59. The van der Waals surface area contributed by atoms with Crippen LogP contribution in [-0.2, 0) is 6.54 Å². The number of aromatic nitrogens is 1. The fourth-order valence-electron chi connectivity index (χ4n) is 1.86. The van der Waals surface area contributed by atoms with E-state index in [-0.39, 0.29) is 6.61 Å². The monoisotopic (exact) mass is 237 g/mol. The van der Waals surface area contributed by atoms with Gasteiger partial charge in [-0.25, -0.2) is 4.98 Å². The summed E-state index contributed by atoms with van der Waals surface area (Å²) in [7, 11) is 0. The zero-order valence-corrected chi connectivity index (χ0v) is 10.8. The molecule has 17 heavy (non-hydrogen) atoms. The molecule has 0 aliphatic rings. The fraction of sp³-hybridized carbons (Fsp3) is 0.615. The standard InChI is InChI=1S/C13H23N3O/c1-3-8-16(9-10-17)11-12-6-5-7-15-13(12)14-4-2/h5-7,17H,3-4,8-11H2,1-2H3,(H,14,15). The molecular weight excluding hydrogens is 214 g/mol. The number of hydrogen-bond donors (Lipinski definition) is 2. The summed E-state index contributed by atoms with van der Waals surface area (Å²) in [6.07, 6.45) is 2.90. The van der Waals surface area contributed by atoms with E-state index in [4.69, 9.17) is 5.11 Å². The number of rotatable bonds is 8. The summed E-state index contributed by atoms with van der Waals surface area (Å²) in [6, 6.07) is 4.05. The van der Waals surface area contributed by atoms with Gasteiger partial charge >= 0.3 is 0 Å². The number of nitrogens with one attached hydrogen (secondary N) is 1. The van der Waals surface area contributed by atoms with Gasteiger partial charge in [0, 0.05) is 31.4 Å². The van der Waals surface area contributed by atoms with E-state index in [1.54, 1.807) is 6.20 Å². The number of aliphatic hydroxyl groups excluding tert-OH is 1. The summed E-state index contributed by atoms with van der Waals surface area (Å²) in [6.45, 7) is 7.85. The van der Waals surface area contributed by atoms with E-state index in [9.17, 15) is 0 Å². The molecule has 2 N–H and O–H groups in total. The number of anilines is 1. The zero-order chi connectivity index (χ0) is 12.5. The molecule has 0 fully saturated rings. The number of aliphatic hydroxyl groups is 1. The normalized spacial score (nSPS) is 10.8. The maximum absolute atomic E-state index is 9.04. The molecule has 0 saturated carbocycles. The summed E-state index contributed by atoms with van der Waals surface area (Å²) in [5, 5.41) is 12.3. The third kappa shape index (κ3) is 4.71. The molecule has 0 bridgehead atoms. The Labute approximate surface area is 104 Å². The Kier molecular flexibility index (Phi) is 6.58. The highest BCUT2D eigenvalue weighted by atomic mass is 16.3. The van der Waals surface area contributed by atoms with Crippen molar-refractivity contribution in [3.8, 4) is 0 Å². The molecular formula is C13H23N3O. The summed E-state index contributed by atoms with van der Waals surface area (Å²) in [5.74, 6) is 0.953. The predicted molar refractivity (Wildman–Crippen MR) is 71.1 cm³/mol. The van der Waals surface area contributed by atoms with Gasteiger partial charge < -0.3 is 10.4 Å². The zero-order valence-electron chi connectivity index (χ0n) is 10.8. The average molecular weight is 237 g/mol. The molecule has 0 saturated heterocycles. The molecule has 0 radical (unpaired) electrons. The maximum Gasteiger partial charge on any atom is 0.130 e. The van der Waals surface area contributed by atoms with Crippen LogP contribution in [0.5, 0.6) is 0 Å². The predicted octanol–water partition coefficient (Wildman–Crippen LogP) is 1.72. The molecule has 96 valence electrons. The SMILES string of the molecule is CCCN(CCO)Cc1cccnc1NCC. The lowest BCUT2D eigenvalue weighted by Gasteiger charge is -2.21. The lowest BCUT2D eigenvalue weighted by molar-refractivity contribution is 0.190. The highest BCUT2D eigenvalue weighted by molar-refractivity contribution is 5.43. The first-order chi connectivity index (χ1) is 8.31. The first kappa shape index (κ1) is 13.9. The molecule has 1 heterocycles. The van der Waals surface area contributed by atoms with Gasteiger partial charge in [-0.05, 0) is 26.0 Å². The molecule has 0 aliphatic carbocycles. The maximum atomic E-state index is 9.04. The second kappa shape index (κ2) is 8.03. The summed E-state index contributed by atoms with van der Waals surface area (Å²) < 4.78 is 0. The van der Waals surface area contributed by atoms with Crippen LogP contribution < -0.4 is 5.32 Å². The van der Waals surface area contributed by atoms with E-state index >= 15 is 0 Å². The van der Waals surface area contributed by atoms with Crippen molar-refractivity contribution in [1.29, 1.82) is 0 Å². The van der Waals surface area contributed by atoms with Gasteiger partial charge in [0.15, 0.2) is 0 Å². The van der Waals surface area contributed by atoms with Crippen LogP contribution in [0.2, 0.25) is 0 Å². The Hall–Kier alpha value is -1.13. The van der Waals surface area contributed by atoms with Crippen molar-refractivity contribution in [2.45, 2.75) is 26.8 Å². The molecule has 0 atom stereocenters. The van der Waals surface area contributed by atoms with Gasteiger partial charge in [-0.2, -0.15) is 0 Å². The first-order valence-electron chi connectivity index (χ1n) is 6.32. The van der Waals surface area contributed by atoms with Gasteiger partial charge in [0.2, 0.25) is 0 Å². The van der Waals surface area contributed by atoms with E-state index < -0.39 is 0 Å². The second-order valence-corrected chi connectivity index (χ2v) is 4.04. The minimum Gasteiger partial charge on any atom is -0.395 e. The lowest BCUT2D eigenvalue weighted by Crippen LogP contribution is -2.27. The Morgan fingerprint density at radius 3 is 2.82 bits per heavy atom. The van der Waals surface area contributed by atoms with Crippen LogP contribution >= 0.6 is 0 Å². The van der Waals surface area contributed by atoms with Gasteiger partial charge in [-0.15, -0.1) is 0 Å². The molecule has 0 amide bonds.